The molecular weight excluding hydrogens is 440 g/mol. The number of benzene rings is 2. The zero-order chi connectivity index (χ0) is 23.8. The van der Waals surface area contributed by atoms with E-state index in [0.717, 1.165) is 16.3 Å². The summed E-state index contributed by atoms with van der Waals surface area (Å²) in [6.45, 7) is 0.264. The lowest BCUT2D eigenvalue weighted by Gasteiger charge is -2.16. The molecule has 174 valence electrons. The minimum atomic E-state index is -1.20. The van der Waals surface area contributed by atoms with Crippen molar-refractivity contribution in [2.45, 2.75) is 31.1 Å². The van der Waals surface area contributed by atoms with E-state index in [-0.39, 0.29) is 13.2 Å². The van der Waals surface area contributed by atoms with E-state index in [1.165, 1.54) is 12.5 Å². The number of imidazole rings is 1. The third-order valence-electron chi connectivity index (χ3n) is 6.01. The third kappa shape index (κ3) is 3.82. The SMILES string of the molecule is Nc1ccnc2c1ncn2C1OC(COCc2ccc3cc(C=O)c(C=O)cc3c2)C(O)C1O. The van der Waals surface area contributed by atoms with E-state index < -0.39 is 24.5 Å². The average molecular weight is 462 g/mol. The van der Waals surface area contributed by atoms with E-state index in [2.05, 4.69) is 9.97 Å². The zero-order valence-electron chi connectivity index (χ0n) is 17.9. The molecule has 0 radical (unpaired) electrons. The number of hydrogen-bond donors (Lipinski definition) is 3. The summed E-state index contributed by atoms with van der Waals surface area (Å²) >= 11 is 0. The van der Waals surface area contributed by atoms with Gasteiger partial charge in [0.15, 0.2) is 24.4 Å². The first kappa shape index (κ1) is 22.1. The summed E-state index contributed by atoms with van der Waals surface area (Å²) < 4.78 is 13.2. The molecular formula is C24H22N4O6. The maximum Gasteiger partial charge on any atom is 0.165 e. The minimum absolute atomic E-state index is 0.0403. The molecule has 4 N–H and O–H groups in total. The van der Waals surface area contributed by atoms with Gasteiger partial charge in [-0.1, -0.05) is 12.1 Å². The molecule has 2 aromatic heterocycles. The molecule has 4 aromatic rings. The number of hydrogen-bond acceptors (Lipinski definition) is 9. The number of nitrogens with two attached hydrogens (primary N) is 1. The van der Waals surface area contributed by atoms with Crippen molar-refractivity contribution in [3.8, 4) is 0 Å². The summed E-state index contributed by atoms with van der Waals surface area (Å²) in [6, 6.07) is 10.5. The molecule has 10 heteroatoms. The van der Waals surface area contributed by atoms with Gasteiger partial charge in [-0.05, 0) is 40.6 Å². The normalized spacial score (nSPS) is 22.4. The molecule has 0 spiro atoms. The van der Waals surface area contributed by atoms with Gasteiger partial charge in [-0.25, -0.2) is 9.97 Å². The Morgan fingerprint density at radius 2 is 1.79 bits per heavy atom. The monoisotopic (exact) mass is 462 g/mol. The molecule has 0 aliphatic carbocycles. The first-order chi connectivity index (χ1) is 16.5. The summed E-state index contributed by atoms with van der Waals surface area (Å²) in [7, 11) is 0. The Kier molecular flexibility index (Phi) is 5.80. The first-order valence-corrected chi connectivity index (χ1v) is 10.6. The van der Waals surface area contributed by atoms with Crippen molar-refractivity contribution in [3.05, 3.63) is 65.6 Å². The second-order valence-electron chi connectivity index (χ2n) is 8.18. The van der Waals surface area contributed by atoms with Gasteiger partial charge in [-0.15, -0.1) is 0 Å². The van der Waals surface area contributed by atoms with Crippen molar-refractivity contribution in [3.63, 3.8) is 0 Å². The number of fused-ring (bicyclic) bond motifs is 2. The molecule has 2 aromatic carbocycles. The fourth-order valence-electron chi connectivity index (χ4n) is 4.21. The number of anilines is 1. The lowest BCUT2D eigenvalue weighted by molar-refractivity contribution is -0.0682. The number of aromatic nitrogens is 3. The number of nitrogen functional groups attached to an aromatic ring is 1. The van der Waals surface area contributed by atoms with Crippen LogP contribution >= 0.6 is 0 Å². The van der Waals surface area contributed by atoms with E-state index in [4.69, 9.17) is 15.2 Å². The molecule has 10 nitrogen and oxygen atoms in total. The molecule has 0 amide bonds. The highest BCUT2D eigenvalue weighted by Crippen LogP contribution is 2.32. The van der Waals surface area contributed by atoms with Crippen LogP contribution in [0.4, 0.5) is 5.69 Å². The van der Waals surface area contributed by atoms with E-state index >= 15 is 0 Å². The molecule has 1 saturated heterocycles. The summed E-state index contributed by atoms with van der Waals surface area (Å²) in [4.78, 5) is 30.9. The lowest BCUT2D eigenvalue weighted by Crippen LogP contribution is -2.33. The molecule has 0 saturated carbocycles. The van der Waals surface area contributed by atoms with Crippen LogP contribution in [0, 0.1) is 0 Å². The van der Waals surface area contributed by atoms with Crippen molar-refractivity contribution in [2.75, 3.05) is 12.3 Å². The highest BCUT2D eigenvalue weighted by atomic mass is 16.6. The fourth-order valence-corrected chi connectivity index (χ4v) is 4.21. The van der Waals surface area contributed by atoms with E-state index in [0.29, 0.717) is 40.6 Å². The predicted molar refractivity (Wildman–Crippen MR) is 122 cm³/mol. The Balaban J connectivity index is 1.27. The van der Waals surface area contributed by atoms with Gasteiger partial charge in [-0.3, -0.25) is 14.2 Å². The van der Waals surface area contributed by atoms with Crippen LogP contribution < -0.4 is 5.73 Å². The van der Waals surface area contributed by atoms with E-state index in [9.17, 15) is 19.8 Å². The molecule has 34 heavy (non-hydrogen) atoms. The van der Waals surface area contributed by atoms with E-state index in [1.807, 2.05) is 18.2 Å². The van der Waals surface area contributed by atoms with E-state index in [1.54, 1.807) is 22.8 Å². The number of ether oxygens (including phenoxy) is 2. The maximum absolute atomic E-state index is 11.2. The second kappa shape index (κ2) is 8.92. The van der Waals surface area contributed by atoms with Gasteiger partial charge in [0.1, 0.15) is 23.8 Å². The van der Waals surface area contributed by atoms with Gasteiger partial charge in [-0.2, -0.15) is 0 Å². The van der Waals surface area contributed by atoms with Crippen molar-refractivity contribution in [1.29, 1.82) is 0 Å². The Labute approximate surface area is 193 Å². The maximum atomic E-state index is 11.2. The Hall–Kier alpha value is -3.70. The first-order valence-electron chi connectivity index (χ1n) is 10.6. The largest absolute Gasteiger partial charge is 0.397 e. The van der Waals surface area contributed by atoms with Crippen molar-refractivity contribution in [2.24, 2.45) is 0 Å². The van der Waals surface area contributed by atoms with Crippen LogP contribution in [0.15, 0.2) is 48.9 Å². The quantitative estimate of drug-likeness (QED) is 0.348. The molecule has 4 unspecified atom stereocenters. The number of aliphatic hydroxyl groups excluding tert-OH is 2. The van der Waals surface area contributed by atoms with Crippen molar-refractivity contribution < 1.29 is 29.3 Å². The number of aldehydes is 2. The van der Waals surface area contributed by atoms with Crippen LogP contribution in [0.5, 0.6) is 0 Å². The Morgan fingerprint density at radius 3 is 2.56 bits per heavy atom. The zero-order valence-corrected chi connectivity index (χ0v) is 17.9. The van der Waals surface area contributed by atoms with Crippen LogP contribution in [0.1, 0.15) is 32.5 Å². The van der Waals surface area contributed by atoms with Crippen LogP contribution in [0.25, 0.3) is 21.9 Å². The van der Waals surface area contributed by atoms with Gasteiger partial charge >= 0.3 is 0 Å². The Morgan fingerprint density at radius 1 is 1.03 bits per heavy atom. The number of aliphatic hydroxyl groups is 2. The Bertz CT molecular complexity index is 1390. The number of carbonyl (C=O) groups excluding carboxylic acids is 2. The van der Waals surface area contributed by atoms with Crippen LogP contribution in [-0.4, -0.2) is 62.2 Å². The fraction of sp³-hybridized carbons (Fsp3) is 0.250. The minimum Gasteiger partial charge on any atom is -0.397 e. The number of rotatable bonds is 7. The van der Waals surface area contributed by atoms with Crippen molar-refractivity contribution >= 4 is 40.2 Å². The van der Waals surface area contributed by atoms with Gasteiger partial charge in [0.2, 0.25) is 0 Å². The van der Waals surface area contributed by atoms with Crippen LogP contribution in [0.2, 0.25) is 0 Å². The highest BCUT2D eigenvalue weighted by Gasteiger charge is 2.44. The summed E-state index contributed by atoms with van der Waals surface area (Å²) in [5, 5.41) is 22.7. The van der Waals surface area contributed by atoms with Gasteiger partial charge < -0.3 is 25.4 Å². The van der Waals surface area contributed by atoms with Gasteiger partial charge in [0.05, 0.1) is 25.2 Å². The molecule has 5 rings (SSSR count). The predicted octanol–water partition coefficient (Wildman–Crippen LogP) is 1.63. The molecule has 1 aliphatic rings. The second-order valence-corrected chi connectivity index (χ2v) is 8.18. The number of carbonyl (C=O) groups is 2. The van der Waals surface area contributed by atoms with Crippen LogP contribution in [-0.2, 0) is 16.1 Å². The molecule has 3 heterocycles. The number of nitrogens with zero attached hydrogens (tertiary/aromatic N) is 3. The molecule has 1 fully saturated rings. The molecule has 0 bridgehead atoms. The van der Waals surface area contributed by atoms with Gasteiger partial charge in [0, 0.05) is 17.3 Å². The summed E-state index contributed by atoms with van der Waals surface area (Å²) in [6.07, 6.45) is 0.285. The highest BCUT2D eigenvalue weighted by molar-refractivity contribution is 5.98. The topological polar surface area (TPSA) is 150 Å². The van der Waals surface area contributed by atoms with Crippen molar-refractivity contribution in [1.82, 2.24) is 14.5 Å². The van der Waals surface area contributed by atoms with Gasteiger partial charge in [0.25, 0.3) is 0 Å². The third-order valence-corrected chi connectivity index (χ3v) is 6.01. The molecule has 1 aliphatic heterocycles. The van der Waals surface area contributed by atoms with Crippen LogP contribution in [0.3, 0.4) is 0 Å². The summed E-state index contributed by atoms with van der Waals surface area (Å²) in [5.41, 5.74) is 8.82. The average Bonchev–Trinajstić information content (AvgIpc) is 3.40. The smallest absolute Gasteiger partial charge is 0.165 e. The molecule has 4 atom stereocenters. The number of pyridine rings is 1. The standard InChI is InChI=1S/C24H22N4O6/c25-18-3-4-26-23-20(18)27-12-28(23)24-22(32)21(31)19(34-24)11-33-10-13-1-2-14-6-16(8-29)17(9-30)7-15(14)5-13/h1-9,12,19,21-22,24,31-32H,10-11H2,(H2,25,26). The summed E-state index contributed by atoms with van der Waals surface area (Å²) in [5.74, 6) is 0. The lowest BCUT2D eigenvalue weighted by atomic mass is 10.0.